The summed E-state index contributed by atoms with van der Waals surface area (Å²) < 4.78 is 25.2. The Labute approximate surface area is 120 Å². The Bertz CT molecular complexity index is 475. The van der Waals surface area contributed by atoms with E-state index in [2.05, 4.69) is 10.0 Å². The van der Waals surface area contributed by atoms with E-state index in [0.717, 1.165) is 6.26 Å². The molecule has 2 unspecified atom stereocenters. The van der Waals surface area contributed by atoms with Crippen molar-refractivity contribution in [3.8, 4) is 0 Å². The molecule has 2 atom stereocenters. The minimum Gasteiger partial charge on any atom is -0.353 e. The molecule has 1 aliphatic heterocycles. The van der Waals surface area contributed by atoms with E-state index < -0.39 is 22.1 Å². The highest BCUT2D eigenvalue weighted by Crippen LogP contribution is 2.12. The van der Waals surface area contributed by atoms with Crippen molar-refractivity contribution in [2.24, 2.45) is 5.92 Å². The topological polar surface area (TPSA) is 95.6 Å². The van der Waals surface area contributed by atoms with Crippen LogP contribution >= 0.6 is 0 Å². The van der Waals surface area contributed by atoms with Crippen LogP contribution in [0.3, 0.4) is 0 Å². The fourth-order valence-corrected chi connectivity index (χ4v) is 2.93. The summed E-state index contributed by atoms with van der Waals surface area (Å²) in [5.74, 6) is -0.397. The number of piperazine rings is 1. The van der Waals surface area contributed by atoms with Gasteiger partial charge in [-0.1, -0.05) is 13.8 Å². The molecular weight excluding hydrogens is 282 g/mol. The molecule has 7 nitrogen and oxygen atoms in total. The van der Waals surface area contributed by atoms with Gasteiger partial charge in [0.1, 0.15) is 12.1 Å². The molecule has 0 saturated carbocycles. The van der Waals surface area contributed by atoms with Crippen LogP contribution < -0.4 is 10.0 Å². The number of hydrogen-bond donors (Lipinski definition) is 2. The van der Waals surface area contributed by atoms with Crippen LogP contribution in [0.4, 0.5) is 0 Å². The second-order valence-electron chi connectivity index (χ2n) is 5.57. The monoisotopic (exact) mass is 305 g/mol. The standard InChI is InChI=1S/C12H23N3O4S/c1-8(2)7-10(14-20(4,18)19)12(17)15-6-5-13-11(16)9(15)3/h8-10,14H,5-7H2,1-4H3,(H,13,16). The molecule has 0 spiro atoms. The van der Waals surface area contributed by atoms with Gasteiger partial charge in [-0.25, -0.2) is 13.1 Å². The summed E-state index contributed by atoms with van der Waals surface area (Å²) in [7, 11) is -3.48. The van der Waals surface area contributed by atoms with E-state index in [0.29, 0.717) is 19.5 Å². The molecule has 1 heterocycles. The van der Waals surface area contributed by atoms with Crippen molar-refractivity contribution in [3.63, 3.8) is 0 Å². The number of amides is 2. The molecule has 0 bridgehead atoms. The number of hydrogen-bond acceptors (Lipinski definition) is 4. The predicted molar refractivity (Wildman–Crippen MR) is 75.4 cm³/mol. The van der Waals surface area contributed by atoms with Crippen molar-refractivity contribution in [1.82, 2.24) is 14.9 Å². The molecule has 20 heavy (non-hydrogen) atoms. The maximum absolute atomic E-state index is 12.5. The van der Waals surface area contributed by atoms with Crippen LogP contribution in [-0.4, -0.2) is 56.6 Å². The largest absolute Gasteiger partial charge is 0.353 e. The summed E-state index contributed by atoms with van der Waals surface area (Å²) in [5, 5.41) is 2.67. The van der Waals surface area contributed by atoms with Crippen molar-refractivity contribution < 1.29 is 18.0 Å². The van der Waals surface area contributed by atoms with E-state index in [-0.39, 0.29) is 17.7 Å². The molecule has 0 radical (unpaired) electrons. The second kappa shape index (κ2) is 6.53. The Kier molecular flexibility index (Phi) is 5.52. The third kappa shape index (κ3) is 4.75. The van der Waals surface area contributed by atoms with Crippen molar-refractivity contribution >= 4 is 21.8 Å². The summed E-state index contributed by atoms with van der Waals surface area (Å²) >= 11 is 0. The Morgan fingerprint density at radius 2 is 2.10 bits per heavy atom. The molecule has 1 fully saturated rings. The molecular formula is C12H23N3O4S. The first-order valence-corrected chi connectivity index (χ1v) is 8.56. The fraction of sp³-hybridized carbons (Fsp3) is 0.833. The summed E-state index contributed by atoms with van der Waals surface area (Å²) in [6, 6.07) is -1.40. The van der Waals surface area contributed by atoms with Crippen molar-refractivity contribution in [2.45, 2.75) is 39.3 Å². The molecule has 116 valence electrons. The van der Waals surface area contributed by atoms with E-state index in [9.17, 15) is 18.0 Å². The zero-order valence-corrected chi connectivity index (χ0v) is 13.2. The van der Waals surface area contributed by atoms with Crippen molar-refractivity contribution in [1.29, 1.82) is 0 Å². The van der Waals surface area contributed by atoms with Crippen molar-refractivity contribution in [2.75, 3.05) is 19.3 Å². The van der Waals surface area contributed by atoms with Crippen LogP contribution in [0.2, 0.25) is 0 Å². The van der Waals surface area contributed by atoms with Gasteiger partial charge in [0.25, 0.3) is 0 Å². The highest BCUT2D eigenvalue weighted by atomic mass is 32.2. The first kappa shape index (κ1) is 16.9. The van der Waals surface area contributed by atoms with Crippen LogP contribution in [-0.2, 0) is 19.6 Å². The van der Waals surface area contributed by atoms with Gasteiger partial charge in [-0.3, -0.25) is 9.59 Å². The lowest BCUT2D eigenvalue weighted by Gasteiger charge is -2.35. The number of nitrogens with one attached hydrogen (secondary N) is 2. The number of rotatable bonds is 5. The van der Waals surface area contributed by atoms with Gasteiger partial charge in [-0.05, 0) is 19.3 Å². The minimum atomic E-state index is -3.48. The normalized spacial score (nSPS) is 21.8. The molecule has 1 rings (SSSR count). The lowest BCUT2D eigenvalue weighted by atomic mass is 10.0. The molecule has 2 amide bonds. The summed E-state index contributed by atoms with van der Waals surface area (Å²) in [6.45, 7) is 6.25. The molecule has 2 N–H and O–H groups in total. The van der Waals surface area contributed by atoms with Gasteiger partial charge in [0, 0.05) is 13.1 Å². The average molecular weight is 305 g/mol. The minimum absolute atomic E-state index is 0.159. The van der Waals surface area contributed by atoms with Crippen molar-refractivity contribution in [3.05, 3.63) is 0 Å². The van der Waals surface area contributed by atoms with Crippen LogP contribution in [0.5, 0.6) is 0 Å². The highest BCUT2D eigenvalue weighted by Gasteiger charge is 2.34. The van der Waals surface area contributed by atoms with E-state index in [4.69, 9.17) is 0 Å². The first-order chi connectivity index (χ1) is 9.11. The Morgan fingerprint density at radius 3 is 2.60 bits per heavy atom. The summed E-state index contributed by atoms with van der Waals surface area (Å²) in [5.41, 5.74) is 0. The number of carbonyl (C=O) groups is 2. The highest BCUT2D eigenvalue weighted by molar-refractivity contribution is 7.88. The average Bonchev–Trinajstić information content (AvgIpc) is 2.28. The maximum Gasteiger partial charge on any atom is 0.242 e. The number of carbonyl (C=O) groups excluding carboxylic acids is 2. The lowest BCUT2D eigenvalue weighted by Crippen LogP contribution is -2.60. The third-order valence-electron chi connectivity index (χ3n) is 3.14. The molecule has 0 aromatic carbocycles. The van der Waals surface area contributed by atoms with E-state index in [1.54, 1.807) is 6.92 Å². The fourth-order valence-electron chi connectivity index (χ4n) is 2.21. The van der Waals surface area contributed by atoms with E-state index in [1.807, 2.05) is 13.8 Å². The van der Waals surface area contributed by atoms with Crippen LogP contribution in [0.1, 0.15) is 27.2 Å². The quantitative estimate of drug-likeness (QED) is 0.702. The van der Waals surface area contributed by atoms with E-state index in [1.165, 1.54) is 4.90 Å². The predicted octanol–water partition coefficient (Wildman–Crippen LogP) is -0.703. The number of nitrogens with zero attached hydrogens (tertiary/aromatic N) is 1. The number of sulfonamides is 1. The van der Waals surface area contributed by atoms with Gasteiger partial charge in [-0.2, -0.15) is 0 Å². The Morgan fingerprint density at radius 1 is 1.50 bits per heavy atom. The van der Waals surface area contributed by atoms with Gasteiger partial charge in [0.15, 0.2) is 0 Å². The van der Waals surface area contributed by atoms with Gasteiger partial charge >= 0.3 is 0 Å². The SMILES string of the molecule is CC(C)CC(NS(C)(=O)=O)C(=O)N1CCNC(=O)C1C. The molecule has 1 saturated heterocycles. The second-order valence-corrected chi connectivity index (χ2v) is 7.35. The molecule has 1 aliphatic rings. The van der Waals surface area contributed by atoms with Crippen LogP contribution in [0, 0.1) is 5.92 Å². The van der Waals surface area contributed by atoms with Gasteiger partial charge in [0.2, 0.25) is 21.8 Å². The van der Waals surface area contributed by atoms with Gasteiger partial charge < -0.3 is 10.2 Å². The Balaban J connectivity index is 2.89. The summed E-state index contributed by atoms with van der Waals surface area (Å²) in [4.78, 5) is 25.5. The van der Waals surface area contributed by atoms with Crippen LogP contribution in [0.15, 0.2) is 0 Å². The lowest BCUT2D eigenvalue weighted by molar-refractivity contribution is -0.143. The zero-order valence-electron chi connectivity index (χ0n) is 12.3. The third-order valence-corrected chi connectivity index (χ3v) is 3.86. The molecule has 8 heteroatoms. The molecule has 0 aromatic heterocycles. The first-order valence-electron chi connectivity index (χ1n) is 6.67. The van der Waals surface area contributed by atoms with Gasteiger partial charge in [0.05, 0.1) is 6.26 Å². The Hall–Kier alpha value is -1.15. The van der Waals surface area contributed by atoms with Gasteiger partial charge in [-0.15, -0.1) is 0 Å². The summed E-state index contributed by atoms with van der Waals surface area (Å²) in [6.07, 6.45) is 1.43. The smallest absolute Gasteiger partial charge is 0.242 e. The molecule has 0 aliphatic carbocycles. The molecule has 0 aromatic rings. The van der Waals surface area contributed by atoms with E-state index >= 15 is 0 Å². The zero-order chi connectivity index (χ0) is 15.5. The van der Waals surface area contributed by atoms with Crippen LogP contribution in [0.25, 0.3) is 0 Å². The maximum atomic E-state index is 12.5.